The Morgan fingerprint density at radius 3 is 2.56 bits per heavy atom. The summed E-state index contributed by atoms with van der Waals surface area (Å²) in [6, 6.07) is 14.0. The van der Waals surface area contributed by atoms with E-state index >= 15 is 0 Å². The monoisotopic (exact) mass is 260 g/mol. The van der Waals surface area contributed by atoms with Gasteiger partial charge in [0.15, 0.2) is 0 Å². The van der Waals surface area contributed by atoms with E-state index in [1.54, 1.807) is 6.07 Å². The van der Waals surface area contributed by atoms with Gasteiger partial charge in [0.2, 0.25) is 0 Å². The van der Waals surface area contributed by atoms with E-state index in [0.717, 1.165) is 5.69 Å². The number of benzene rings is 2. The average molecular weight is 261 g/mol. The first kappa shape index (κ1) is 12.8. The molecular formula is C15H17ClN2. The van der Waals surface area contributed by atoms with Crippen molar-refractivity contribution in [2.45, 2.75) is 19.9 Å². The van der Waals surface area contributed by atoms with Crippen LogP contribution in [0.2, 0.25) is 5.02 Å². The van der Waals surface area contributed by atoms with Gasteiger partial charge in [-0.15, -0.1) is 0 Å². The molecule has 3 heteroatoms. The van der Waals surface area contributed by atoms with E-state index in [0.29, 0.717) is 10.7 Å². The smallest absolute Gasteiger partial charge is 0.0579 e. The summed E-state index contributed by atoms with van der Waals surface area (Å²) in [6.45, 7) is 4.23. The van der Waals surface area contributed by atoms with E-state index in [2.05, 4.69) is 31.3 Å². The lowest BCUT2D eigenvalue weighted by Gasteiger charge is -2.19. The Morgan fingerprint density at radius 1 is 1.17 bits per heavy atom. The molecule has 0 bridgehead atoms. The maximum atomic E-state index is 5.94. The fourth-order valence-electron chi connectivity index (χ4n) is 2.05. The molecule has 2 rings (SSSR count). The topological polar surface area (TPSA) is 38.0 Å². The number of nitrogen functional groups attached to an aromatic ring is 1. The van der Waals surface area contributed by atoms with Crippen LogP contribution < -0.4 is 11.1 Å². The van der Waals surface area contributed by atoms with Gasteiger partial charge in [-0.3, -0.25) is 0 Å². The van der Waals surface area contributed by atoms with Gasteiger partial charge in [0.1, 0.15) is 0 Å². The zero-order valence-electron chi connectivity index (χ0n) is 10.6. The highest BCUT2D eigenvalue weighted by Crippen LogP contribution is 2.27. The van der Waals surface area contributed by atoms with Crippen molar-refractivity contribution in [3.8, 4) is 0 Å². The zero-order chi connectivity index (χ0) is 13.1. The van der Waals surface area contributed by atoms with E-state index in [1.165, 1.54) is 11.1 Å². The molecule has 3 N–H and O–H groups in total. The zero-order valence-corrected chi connectivity index (χ0v) is 11.3. The number of aryl methyl sites for hydroxylation is 1. The summed E-state index contributed by atoms with van der Waals surface area (Å²) >= 11 is 5.89. The van der Waals surface area contributed by atoms with Gasteiger partial charge in [-0.25, -0.2) is 0 Å². The molecule has 2 aromatic carbocycles. The highest BCUT2D eigenvalue weighted by molar-refractivity contribution is 6.31. The van der Waals surface area contributed by atoms with Crippen molar-refractivity contribution in [2.24, 2.45) is 0 Å². The van der Waals surface area contributed by atoms with Gasteiger partial charge in [-0.2, -0.15) is 0 Å². The molecule has 0 amide bonds. The first-order valence-electron chi connectivity index (χ1n) is 5.95. The quantitative estimate of drug-likeness (QED) is 0.803. The summed E-state index contributed by atoms with van der Waals surface area (Å²) < 4.78 is 0. The minimum absolute atomic E-state index is 0.203. The lowest BCUT2D eigenvalue weighted by Crippen LogP contribution is -2.09. The molecule has 0 aromatic heterocycles. The number of nitrogens with two attached hydrogens (primary N) is 1. The minimum Gasteiger partial charge on any atom is -0.397 e. The number of hydrogen-bond donors (Lipinski definition) is 2. The van der Waals surface area contributed by atoms with Crippen LogP contribution in [0.3, 0.4) is 0 Å². The van der Waals surface area contributed by atoms with E-state index in [9.17, 15) is 0 Å². The Balaban J connectivity index is 2.21. The fraction of sp³-hybridized carbons (Fsp3) is 0.200. The molecule has 2 aromatic rings. The van der Waals surface area contributed by atoms with Crippen molar-refractivity contribution in [3.05, 3.63) is 58.6 Å². The molecule has 1 atom stereocenters. The van der Waals surface area contributed by atoms with Gasteiger partial charge in [0.05, 0.1) is 11.4 Å². The largest absolute Gasteiger partial charge is 0.397 e. The predicted octanol–water partition coefficient (Wildman–Crippen LogP) is 4.40. The first-order valence-corrected chi connectivity index (χ1v) is 6.33. The summed E-state index contributed by atoms with van der Waals surface area (Å²) in [4.78, 5) is 0. The van der Waals surface area contributed by atoms with Crippen LogP contribution in [0.1, 0.15) is 24.1 Å². The van der Waals surface area contributed by atoms with Gasteiger partial charge >= 0.3 is 0 Å². The third-order valence-corrected chi connectivity index (χ3v) is 3.28. The van der Waals surface area contributed by atoms with Gasteiger partial charge in [-0.05, 0) is 43.2 Å². The molecule has 18 heavy (non-hydrogen) atoms. The third-order valence-electron chi connectivity index (χ3n) is 3.04. The molecule has 0 saturated heterocycles. The Hall–Kier alpha value is -1.67. The van der Waals surface area contributed by atoms with Crippen LogP contribution >= 0.6 is 11.6 Å². The maximum Gasteiger partial charge on any atom is 0.0579 e. The first-order chi connectivity index (χ1) is 8.58. The van der Waals surface area contributed by atoms with Crippen LogP contribution in [-0.2, 0) is 0 Å². The molecule has 0 aliphatic heterocycles. The highest BCUT2D eigenvalue weighted by Gasteiger charge is 2.09. The van der Waals surface area contributed by atoms with Crippen molar-refractivity contribution in [1.29, 1.82) is 0 Å². The molecule has 0 heterocycles. The second-order valence-electron chi connectivity index (χ2n) is 4.45. The van der Waals surface area contributed by atoms with Gasteiger partial charge in [0.25, 0.3) is 0 Å². The highest BCUT2D eigenvalue weighted by atomic mass is 35.5. The van der Waals surface area contributed by atoms with E-state index in [-0.39, 0.29) is 6.04 Å². The number of rotatable bonds is 3. The maximum absolute atomic E-state index is 5.94. The molecule has 0 saturated carbocycles. The second kappa shape index (κ2) is 5.32. The lowest BCUT2D eigenvalue weighted by atomic mass is 10.0. The molecule has 1 unspecified atom stereocenters. The minimum atomic E-state index is 0.203. The molecule has 0 radical (unpaired) electrons. The molecule has 0 aliphatic rings. The number of nitrogens with one attached hydrogen (secondary N) is 1. The Labute approximate surface area is 113 Å². The molecule has 2 nitrogen and oxygen atoms in total. The number of anilines is 2. The summed E-state index contributed by atoms with van der Waals surface area (Å²) in [7, 11) is 0. The van der Waals surface area contributed by atoms with E-state index in [4.69, 9.17) is 17.3 Å². The molecule has 0 fully saturated rings. The van der Waals surface area contributed by atoms with E-state index in [1.807, 2.05) is 24.3 Å². The van der Waals surface area contributed by atoms with Crippen molar-refractivity contribution in [3.63, 3.8) is 0 Å². The second-order valence-corrected chi connectivity index (χ2v) is 4.89. The van der Waals surface area contributed by atoms with Crippen molar-refractivity contribution in [2.75, 3.05) is 11.1 Å². The van der Waals surface area contributed by atoms with Gasteiger partial charge < -0.3 is 11.1 Å². The summed E-state index contributed by atoms with van der Waals surface area (Å²) in [5, 5.41) is 4.07. The van der Waals surface area contributed by atoms with Crippen LogP contribution in [0.15, 0.2) is 42.5 Å². The molecular weight excluding hydrogens is 244 g/mol. The fourth-order valence-corrected chi connectivity index (χ4v) is 2.23. The lowest BCUT2D eigenvalue weighted by molar-refractivity contribution is 0.875. The van der Waals surface area contributed by atoms with Crippen molar-refractivity contribution < 1.29 is 0 Å². The van der Waals surface area contributed by atoms with Crippen molar-refractivity contribution in [1.82, 2.24) is 0 Å². The van der Waals surface area contributed by atoms with Crippen LogP contribution in [0.5, 0.6) is 0 Å². The molecule has 0 spiro atoms. The summed E-state index contributed by atoms with van der Waals surface area (Å²) in [5.74, 6) is 0. The summed E-state index contributed by atoms with van der Waals surface area (Å²) in [5.41, 5.74) is 10.1. The van der Waals surface area contributed by atoms with Crippen molar-refractivity contribution >= 4 is 23.0 Å². The van der Waals surface area contributed by atoms with E-state index < -0.39 is 0 Å². The molecule has 94 valence electrons. The Bertz CT molecular complexity index is 552. The standard InChI is InChI=1S/C15H17ClN2/c1-10-5-3-4-6-13(10)11(2)18-15-8-7-12(16)9-14(15)17/h3-9,11,18H,17H2,1-2H3. The number of hydrogen-bond acceptors (Lipinski definition) is 2. The Kier molecular flexibility index (Phi) is 3.78. The summed E-state index contributed by atoms with van der Waals surface area (Å²) in [6.07, 6.45) is 0. The SMILES string of the molecule is Cc1ccccc1C(C)Nc1ccc(Cl)cc1N. The van der Waals surface area contributed by atoms with Crippen LogP contribution in [0.25, 0.3) is 0 Å². The van der Waals surface area contributed by atoms with Crippen LogP contribution in [0, 0.1) is 6.92 Å². The van der Waals surface area contributed by atoms with Gasteiger partial charge in [-0.1, -0.05) is 35.9 Å². The van der Waals surface area contributed by atoms with Gasteiger partial charge in [0, 0.05) is 11.1 Å². The Morgan fingerprint density at radius 2 is 1.89 bits per heavy atom. The number of halogens is 1. The third kappa shape index (κ3) is 2.77. The van der Waals surface area contributed by atoms with Crippen LogP contribution in [-0.4, -0.2) is 0 Å². The predicted molar refractivity (Wildman–Crippen MR) is 79.1 cm³/mol. The normalized spacial score (nSPS) is 12.2. The average Bonchev–Trinajstić information content (AvgIpc) is 2.33. The molecule has 0 aliphatic carbocycles. The van der Waals surface area contributed by atoms with Crippen LogP contribution in [0.4, 0.5) is 11.4 Å².